The van der Waals surface area contributed by atoms with Gasteiger partial charge in [-0.25, -0.2) is 4.98 Å². The highest BCUT2D eigenvalue weighted by molar-refractivity contribution is 6.32. The molecule has 4 rings (SSSR count). The summed E-state index contributed by atoms with van der Waals surface area (Å²) in [6, 6.07) is 16.7. The zero-order valence-corrected chi connectivity index (χ0v) is 18.9. The van der Waals surface area contributed by atoms with Crippen molar-refractivity contribution in [2.24, 2.45) is 0 Å². The number of para-hydroxylation sites is 2. The van der Waals surface area contributed by atoms with Crippen LogP contribution < -0.4 is 20.3 Å². The van der Waals surface area contributed by atoms with Crippen molar-refractivity contribution in [3.05, 3.63) is 53.6 Å². The van der Waals surface area contributed by atoms with Gasteiger partial charge in [-0.15, -0.1) is 0 Å². The number of nitrogens with zero attached hydrogens (tertiary/aromatic N) is 3. The molecule has 164 valence electrons. The van der Waals surface area contributed by atoms with E-state index in [2.05, 4.69) is 16.7 Å². The third-order valence-electron chi connectivity index (χ3n) is 5.70. The monoisotopic (exact) mass is 439 g/mol. The minimum Gasteiger partial charge on any atom is -0.491 e. The van der Waals surface area contributed by atoms with Gasteiger partial charge in [-0.3, -0.25) is 0 Å². The molecule has 2 aromatic carbocycles. The van der Waals surface area contributed by atoms with Crippen LogP contribution in [0.15, 0.2) is 48.5 Å². The molecule has 1 fully saturated rings. The first kappa shape index (κ1) is 21.7. The van der Waals surface area contributed by atoms with Crippen LogP contribution in [0.25, 0.3) is 10.9 Å². The molecule has 0 radical (unpaired) electrons. The largest absolute Gasteiger partial charge is 0.491 e. The van der Waals surface area contributed by atoms with E-state index in [1.54, 1.807) is 0 Å². The molecule has 0 aliphatic heterocycles. The molecule has 7 heteroatoms. The Balaban J connectivity index is 1.25. The van der Waals surface area contributed by atoms with Gasteiger partial charge < -0.3 is 20.3 Å². The molecule has 31 heavy (non-hydrogen) atoms. The van der Waals surface area contributed by atoms with Crippen molar-refractivity contribution in [3.63, 3.8) is 0 Å². The van der Waals surface area contributed by atoms with Crippen LogP contribution in [0, 0.1) is 0 Å². The Hall–Kier alpha value is -2.57. The van der Waals surface area contributed by atoms with Crippen molar-refractivity contribution in [1.29, 1.82) is 0 Å². The number of ether oxygens (including phenoxy) is 1. The van der Waals surface area contributed by atoms with E-state index in [4.69, 9.17) is 26.3 Å². The van der Waals surface area contributed by atoms with Crippen LogP contribution in [0.5, 0.6) is 5.75 Å². The third kappa shape index (κ3) is 5.57. The molecule has 0 spiro atoms. The van der Waals surface area contributed by atoms with Crippen molar-refractivity contribution in [3.8, 4) is 5.75 Å². The molecule has 0 amide bonds. The topological polar surface area (TPSA) is 62.3 Å². The highest BCUT2D eigenvalue weighted by Gasteiger charge is 2.22. The molecule has 1 aliphatic rings. The van der Waals surface area contributed by atoms with E-state index in [-0.39, 0.29) is 0 Å². The fourth-order valence-electron chi connectivity index (χ4n) is 4.08. The second-order valence-electron chi connectivity index (χ2n) is 8.21. The normalized spacial score (nSPS) is 18.7. The van der Waals surface area contributed by atoms with Gasteiger partial charge in [0.15, 0.2) is 0 Å². The SMILES string of the molecule is CN(C)c1nc(NC2CCC(NCCOc3ccccc3Cl)CC2)nc2ccccc12. The summed E-state index contributed by atoms with van der Waals surface area (Å²) in [6.07, 6.45) is 4.43. The lowest BCUT2D eigenvalue weighted by atomic mass is 9.91. The molecular weight excluding hydrogens is 410 g/mol. The van der Waals surface area contributed by atoms with E-state index in [1.807, 2.05) is 61.5 Å². The average Bonchev–Trinajstić information content (AvgIpc) is 2.78. The van der Waals surface area contributed by atoms with Gasteiger partial charge in [-0.2, -0.15) is 4.98 Å². The molecule has 1 aromatic heterocycles. The van der Waals surface area contributed by atoms with E-state index in [0.717, 1.165) is 54.7 Å². The minimum atomic E-state index is 0.397. The van der Waals surface area contributed by atoms with Gasteiger partial charge in [0.2, 0.25) is 5.95 Å². The quantitative estimate of drug-likeness (QED) is 0.494. The highest BCUT2D eigenvalue weighted by Crippen LogP contribution is 2.26. The Kier molecular flexibility index (Phi) is 7.10. The molecule has 0 atom stereocenters. The smallest absolute Gasteiger partial charge is 0.225 e. The van der Waals surface area contributed by atoms with Crippen molar-refractivity contribution in [1.82, 2.24) is 15.3 Å². The lowest BCUT2D eigenvalue weighted by Gasteiger charge is -2.30. The van der Waals surface area contributed by atoms with Crippen LogP contribution in [0.4, 0.5) is 11.8 Å². The summed E-state index contributed by atoms with van der Waals surface area (Å²) in [4.78, 5) is 11.5. The van der Waals surface area contributed by atoms with Gasteiger partial charge in [0.25, 0.3) is 0 Å². The molecule has 0 unspecified atom stereocenters. The second-order valence-corrected chi connectivity index (χ2v) is 8.62. The van der Waals surface area contributed by atoms with Crippen LogP contribution in [-0.4, -0.2) is 49.3 Å². The lowest BCUT2D eigenvalue weighted by Crippen LogP contribution is -2.38. The van der Waals surface area contributed by atoms with Crippen LogP contribution >= 0.6 is 11.6 Å². The van der Waals surface area contributed by atoms with Crippen LogP contribution in [0.1, 0.15) is 25.7 Å². The number of halogens is 1. The summed E-state index contributed by atoms with van der Waals surface area (Å²) in [7, 11) is 4.04. The Morgan fingerprint density at radius 3 is 2.45 bits per heavy atom. The second kappa shape index (κ2) is 10.2. The molecule has 1 heterocycles. The highest BCUT2D eigenvalue weighted by atomic mass is 35.5. The van der Waals surface area contributed by atoms with E-state index in [0.29, 0.717) is 29.7 Å². The molecule has 1 saturated carbocycles. The van der Waals surface area contributed by atoms with E-state index < -0.39 is 0 Å². The Morgan fingerprint density at radius 2 is 1.68 bits per heavy atom. The summed E-state index contributed by atoms with van der Waals surface area (Å²) < 4.78 is 5.77. The van der Waals surface area contributed by atoms with E-state index in [9.17, 15) is 0 Å². The average molecular weight is 440 g/mol. The van der Waals surface area contributed by atoms with Gasteiger partial charge in [-0.1, -0.05) is 35.9 Å². The predicted octanol–water partition coefficient (Wildman–Crippen LogP) is 4.74. The third-order valence-corrected chi connectivity index (χ3v) is 6.01. The van der Waals surface area contributed by atoms with Gasteiger partial charge >= 0.3 is 0 Å². The fraction of sp³-hybridized carbons (Fsp3) is 0.417. The first-order valence-corrected chi connectivity index (χ1v) is 11.3. The molecular formula is C24H30ClN5O. The van der Waals surface area contributed by atoms with Crippen LogP contribution in [0.3, 0.4) is 0 Å². The Labute approximate surface area is 189 Å². The maximum Gasteiger partial charge on any atom is 0.225 e. The van der Waals surface area contributed by atoms with Crippen LogP contribution in [0.2, 0.25) is 5.02 Å². The number of nitrogens with one attached hydrogen (secondary N) is 2. The van der Waals surface area contributed by atoms with Gasteiger partial charge in [0.05, 0.1) is 10.5 Å². The van der Waals surface area contributed by atoms with Crippen molar-refractivity contribution >= 4 is 34.3 Å². The number of benzene rings is 2. The molecule has 3 aromatic rings. The van der Waals surface area contributed by atoms with Crippen LogP contribution in [-0.2, 0) is 0 Å². The zero-order valence-electron chi connectivity index (χ0n) is 18.1. The Morgan fingerprint density at radius 1 is 0.968 bits per heavy atom. The Bertz CT molecular complexity index is 1000. The number of hydrogen-bond donors (Lipinski definition) is 2. The van der Waals surface area contributed by atoms with Crippen molar-refractivity contribution in [2.45, 2.75) is 37.8 Å². The number of fused-ring (bicyclic) bond motifs is 1. The van der Waals surface area contributed by atoms with Gasteiger partial charge in [-0.05, 0) is 49.9 Å². The summed E-state index contributed by atoms with van der Waals surface area (Å²) in [5, 5.41) is 8.91. The van der Waals surface area contributed by atoms with Crippen molar-refractivity contribution in [2.75, 3.05) is 37.5 Å². The predicted molar refractivity (Wildman–Crippen MR) is 128 cm³/mol. The van der Waals surface area contributed by atoms with E-state index >= 15 is 0 Å². The maximum absolute atomic E-state index is 6.13. The zero-order chi connectivity index (χ0) is 21.6. The fourth-order valence-corrected chi connectivity index (χ4v) is 4.27. The van der Waals surface area contributed by atoms with Gasteiger partial charge in [0.1, 0.15) is 18.2 Å². The first-order chi connectivity index (χ1) is 15.1. The summed E-state index contributed by atoms with van der Waals surface area (Å²) in [5.74, 6) is 2.40. The lowest BCUT2D eigenvalue weighted by molar-refractivity contribution is 0.285. The molecule has 0 saturated heterocycles. The standard InChI is InChI=1S/C24H30ClN5O/c1-30(2)23-19-7-3-5-9-21(19)28-24(29-23)27-18-13-11-17(12-14-18)26-15-16-31-22-10-6-4-8-20(22)25/h3-10,17-18,26H,11-16H2,1-2H3,(H,27,28,29). The van der Waals surface area contributed by atoms with Crippen molar-refractivity contribution < 1.29 is 4.74 Å². The molecule has 1 aliphatic carbocycles. The van der Waals surface area contributed by atoms with E-state index in [1.165, 1.54) is 0 Å². The molecule has 0 bridgehead atoms. The molecule has 2 N–H and O–H groups in total. The number of aromatic nitrogens is 2. The summed E-state index contributed by atoms with van der Waals surface area (Å²) in [6.45, 7) is 1.42. The first-order valence-electron chi connectivity index (χ1n) is 10.9. The number of rotatable bonds is 8. The summed E-state index contributed by atoms with van der Waals surface area (Å²) in [5.41, 5.74) is 0.970. The minimum absolute atomic E-state index is 0.397. The van der Waals surface area contributed by atoms with Gasteiger partial charge in [0, 0.05) is 38.1 Å². The number of anilines is 2. The summed E-state index contributed by atoms with van der Waals surface area (Å²) >= 11 is 6.13. The maximum atomic E-state index is 6.13. The number of hydrogen-bond acceptors (Lipinski definition) is 6. The molecule has 6 nitrogen and oxygen atoms in total.